The van der Waals surface area contributed by atoms with Gasteiger partial charge in [0.15, 0.2) is 0 Å². The van der Waals surface area contributed by atoms with Crippen LogP contribution in [0.1, 0.15) is 46.8 Å². The van der Waals surface area contributed by atoms with Gasteiger partial charge in [-0.15, -0.1) is 0 Å². The third kappa shape index (κ3) is 5.51. The molecule has 0 radical (unpaired) electrons. The summed E-state index contributed by atoms with van der Waals surface area (Å²) in [5, 5.41) is 12.5. The van der Waals surface area contributed by atoms with E-state index in [-0.39, 0.29) is 12.1 Å². The van der Waals surface area contributed by atoms with E-state index in [4.69, 9.17) is 9.84 Å². The highest BCUT2D eigenvalue weighted by Crippen LogP contribution is 2.30. The normalized spacial score (nSPS) is 23.3. The number of fused-ring (bicyclic) bond motifs is 3. The van der Waals surface area contributed by atoms with E-state index < -0.39 is 12.0 Å². The molecule has 2 atom stereocenters. The smallest absolute Gasteiger partial charge is 0.335 e. The zero-order chi connectivity index (χ0) is 21.6. The maximum absolute atomic E-state index is 13.1. The van der Waals surface area contributed by atoms with Gasteiger partial charge in [0, 0.05) is 6.54 Å². The van der Waals surface area contributed by atoms with E-state index in [1.54, 1.807) is 18.2 Å². The van der Waals surface area contributed by atoms with E-state index in [1.165, 1.54) is 0 Å². The largest absolute Gasteiger partial charge is 0.478 e. The van der Waals surface area contributed by atoms with Gasteiger partial charge in [0.2, 0.25) is 0 Å². The van der Waals surface area contributed by atoms with Gasteiger partial charge in [-0.05, 0) is 74.5 Å². The number of aromatic carboxylic acids is 1. The number of aryl methyl sites for hydroxylation is 1. The Kier molecular flexibility index (Phi) is 6.99. The first-order valence-corrected chi connectivity index (χ1v) is 11.1. The highest BCUT2D eigenvalue weighted by Gasteiger charge is 2.37. The first-order valence-electron chi connectivity index (χ1n) is 11.1. The summed E-state index contributed by atoms with van der Waals surface area (Å²) >= 11 is 0. The lowest BCUT2D eigenvalue weighted by molar-refractivity contribution is -0.161. The van der Waals surface area contributed by atoms with Crippen LogP contribution < -0.4 is 5.32 Å². The van der Waals surface area contributed by atoms with Crippen LogP contribution in [0.4, 0.5) is 0 Å². The summed E-state index contributed by atoms with van der Waals surface area (Å²) in [6, 6.07) is 16.2. The second kappa shape index (κ2) is 10.1. The van der Waals surface area contributed by atoms with E-state index in [9.17, 15) is 9.59 Å². The van der Waals surface area contributed by atoms with E-state index in [0.29, 0.717) is 18.0 Å². The number of ether oxygens (including phenoxy) is 1. The number of hydrogen-bond donors (Lipinski definition) is 2. The van der Waals surface area contributed by atoms with Crippen LogP contribution in [0, 0.1) is 5.92 Å². The fourth-order valence-electron chi connectivity index (χ4n) is 4.64. The fraction of sp³-hybridized carbons (Fsp3) is 0.440. The van der Waals surface area contributed by atoms with Gasteiger partial charge in [0.25, 0.3) is 0 Å². The molecule has 164 valence electrons. The van der Waals surface area contributed by atoms with Crippen molar-refractivity contribution in [2.24, 2.45) is 5.92 Å². The fourth-order valence-corrected chi connectivity index (χ4v) is 4.64. The molecular weight excluding hydrogens is 392 g/mol. The van der Waals surface area contributed by atoms with Crippen molar-refractivity contribution in [3.05, 3.63) is 71.3 Å². The van der Waals surface area contributed by atoms with Crippen molar-refractivity contribution >= 4 is 11.9 Å². The Morgan fingerprint density at radius 2 is 1.87 bits per heavy atom. The van der Waals surface area contributed by atoms with Crippen LogP contribution in [0.3, 0.4) is 0 Å². The van der Waals surface area contributed by atoms with Gasteiger partial charge in [-0.2, -0.15) is 0 Å². The molecule has 5 rings (SSSR count). The van der Waals surface area contributed by atoms with E-state index in [1.807, 2.05) is 36.4 Å². The minimum Gasteiger partial charge on any atom is -0.478 e. The van der Waals surface area contributed by atoms with E-state index >= 15 is 0 Å². The number of esters is 1. The number of carboxylic acids is 1. The van der Waals surface area contributed by atoms with Crippen LogP contribution in [0.25, 0.3) is 0 Å². The predicted molar refractivity (Wildman–Crippen MR) is 118 cm³/mol. The van der Waals surface area contributed by atoms with Crippen LogP contribution in [0.5, 0.6) is 0 Å². The average Bonchev–Trinajstić information content (AvgIpc) is 2.80. The van der Waals surface area contributed by atoms with E-state index in [2.05, 4.69) is 10.2 Å². The standard InChI is InChI=1S/C25H30N2O4/c28-24(29)21-10-4-6-18(16-21)7-5-13-26-23(20-8-2-1-3-9-20)25(30)31-22-17-27-14-11-19(22)12-15-27/h1-4,6,8-10,16,19,22-23,26H,5,7,11-15,17H2,(H,28,29)/t22-,23?/m0/s1. The summed E-state index contributed by atoms with van der Waals surface area (Å²) in [4.78, 5) is 26.6. The quantitative estimate of drug-likeness (QED) is 0.477. The van der Waals surface area contributed by atoms with Crippen molar-refractivity contribution in [3.63, 3.8) is 0 Å². The molecule has 0 aliphatic carbocycles. The number of carbonyl (C=O) groups is 2. The molecule has 3 aliphatic rings. The second-order valence-corrected chi connectivity index (χ2v) is 8.52. The number of nitrogens with one attached hydrogen (secondary N) is 1. The number of nitrogens with zero attached hydrogens (tertiary/aromatic N) is 1. The zero-order valence-corrected chi connectivity index (χ0v) is 17.7. The number of carboxylic acid groups (broad SMARTS) is 1. The molecule has 0 amide bonds. The van der Waals surface area contributed by atoms with Crippen LogP contribution in [0.2, 0.25) is 0 Å². The highest BCUT2D eigenvalue weighted by molar-refractivity contribution is 5.87. The Bertz CT molecular complexity index is 893. The van der Waals surface area contributed by atoms with Crippen LogP contribution in [0.15, 0.2) is 54.6 Å². The number of carbonyl (C=O) groups excluding carboxylic acids is 1. The molecule has 2 N–H and O–H groups in total. The Morgan fingerprint density at radius 3 is 2.55 bits per heavy atom. The van der Waals surface area contributed by atoms with Gasteiger partial charge in [-0.3, -0.25) is 4.90 Å². The molecule has 6 heteroatoms. The van der Waals surface area contributed by atoms with Crippen LogP contribution >= 0.6 is 0 Å². The van der Waals surface area contributed by atoms with Gasteiger partial charge in [-0.25, -0.2) is 9.59 Å². The lowest BCUT2D eigenvalue weighted by Crippen LogP contribution is -2.52. The monoisotopic (exact) mass is 422 g/mol. The third-order valence-corrected chi connectivity index (χ3v) is 6.40. The molecular formula is C25H30N2O4. The SMILES string of the molecule is O=C(O)c1cccc(CCCNC(C(=O)O[C@H]2CN3CCC2CC3)c2ccccc2)c1. The molecule has 2 bridgehead atoms. The van der Waals surface area contributed by atoms with Gasteiger partial charge in [-0.1, -0.05) is 42.5 Å². The van der Waals surface area contributed by atoms with Crippen molar-refractivity contribution < 1.29 is 19.4 Å². The molecule has 1 unspecified atom stereocenters. The summed E-state index contributed by atoms with van der Waals surface area (Å²) < 4.78 is 5.99. The average molecular weight is 423 g/mol. The second-order valence-electron chi connectivity index (χ2n) is 8.52. The molecule has 31 heavy (non-hydrogen) atoms. The summed E-state index contributed by atoms with van der Waals surface area (Å²) in [6.07, 6.45) is 3.74. The molecule has 0 aromatic heterocycles. The van der Waals surface area contributed by atoms with Crippen molar-refractivity contribution in [2.75, 3.05) is 26.2 Å². The maximum Gasteiger partial charge on any atom is 0.335 e. The van der Waals surface area contributed by atoms with Gasteiger partial charge >= 0.3 is 11.9 Å². The Balaban J connectivity index is 1.35. The predicted octanol–water partition coefficient (Wildman–Crippen LogP) is 3.29. The number of hydrogen-bond acceptors (Lipinski definition) is 5. The first-order chi connectivity index (χ1) is 15.1. The summed E-state index contributed by atoms with van der Waals surface area (Å²) in [5.74, 6) is -0.649. The molecule has 3 saturated heterocycles. The van der Waals surface area contributed by atoms with Crippen molar-refractivity contribution in [3.8, 4) is 0 Å². The van der Waals surface area contributed by atoms with Gasteiger partial charge < -0.3 is 15.2 Å². The lowest BCUT2D eigenvalue weighted by atomic mass is 9.86. The molecule has 3 aliphatic heterocycles. The molecule has 6 nitrogen and oxygen atoms in total. The third-order valence-electron chi connectivity index (χ3n) is 6.40. The molecule has 0 saturated carbocycles. The summed E-state index contributed by atoms with van der Waals surface area (Å²) in [6.45, 7) is 3.70. The van der Waals surface area contributed by atoms with Crippen LogP contribution in [-0.2, 0) is 16.0 Å². The van der Waals surface area contributed by atoms with Gasteiger partial charge in [0.1, 0.15) is 12.1 Å². The van der Waals surface area contributed by atoms with Crippen molar-refractivity contribution in [1.29, 1.82) is 0 Å². The molecule has 3 heterocycles. The first kappa shape index (κ1) is 21.5. The number of piperidine rings is 3. The van der Waals surface area contributed by atoms with E-state index in [0.717, 1.165) is 56.4 Å². The molecule has 2 aromatic carbocycles. The van der Waals surface area contributed by atoms with Gasteiger partial charge in [0.05, 0.1) is 5.56 Å². The number of rotatable bonds is 9. The Morgan fingerprint density at radius 1 is 1.10 bits per heavy atom. The lowest BCUT2D eigenvalue weighted by Gasteiger charge is -2.44. The zero-order valence-electron chi connectivity index (χ0n) is 17.7. The minimum absolute atomic E-state index is 0.0122. The topological polar surface area (TPSA) is 78.9 Å². The highest BCUT2D eigenvalue weighted by atomic mass is 16.5. The molecule has 0 spiro atoms. The summed E-state index contributed by atoms with van der Waals surface area (Å²) in [7, 11) is 0. The molecule has 2 aromatic rings. The Hall–Kier alpha value is -2.70. The Labute approximate surface area is 183 Å². The van der Waals surface area contributed by atoms with Crippen molar-refractivity contribution in [2.45, 2.75) is 37.8 Å². The minimum atomic E-state index is -0.917. The molecule has 3 fully saturated rings. The van der Waals surface area contributed by atoms with Crippen LogP contribution in [-0.4, -0.2) is 54.2 Å². The maximum atomic E-state index is 13.1. The summed E-state index contributed by atoms with van der Waals surface area (Å²) in [5.41, 5.74) is 2.18. The number of benzene rings is 2. The van der Waals surface area contributed by atoms with Crippen molar-refractivity contribution in [1.82, 2.24) is 10.2 Å².